The number of likely N-dealkylation sites (N-methyl/N-ethyl adjacent to an activating group) is 1. The smallest absolute Gasteiger partial charge is 0.0617 e. The Hall–Kier alpha value is -0.870. The molecule has 98 valence electrons. The molecule has 1 rings (SSSR count). The maximum Gasteiger partial charge on any atom is 0.0617 e. The zero-order valence-corrected chi connectivity index (χ0v) is 11.6. The SMILES string of the molecule is CC(C)CNCCN(C)CC(C)n1cccn1. The summed E-state index contributed by atoms with van der Waals surface area (Å²) < 4.78 is 2.01. The van der Waals surface area contributed by atoms with Crippen molar-refractivity contribution >= 4 is 0 Å². The maximum atomic E-state index is 4.26. The maximum absolute atomic E-state index is 4.26. The van der Waals surface area contributed by atoms with Crippen molar-refractivity contribution in [1.29, 1.82) is 0 Å². The number of aromatic nitrogens is 2. The van der Waals surface area contributed by atoms with Crippen LogP contribution in [0, 0.1) is 5.92 Å². The minimum absolute atomic E-state index is 0.431. The first-order chi connectivity index (χ1) is 8.09. The summed E-state index contributed by atoms with van der Waals surface area (Å²) in [5.74, 6) is 0.725. The normalized spacial score (nSPS) is 13.5. The van der Waals surface area contributed by atoms with E-state index in [4.69, 9.17) is 0 Å². The summed E-state index contributed by atoms with van der Waals surface area (Å²) in [5, 5.41) is 7.72. The lowest BCUT2D eigenvalue weighted by Gasteiger charge is -2.22. The van der Waals surface area contributed by atoms with Crippen molar-refractivity contribution in [3.63, 3.8) is 0 Å². The van der Waals surface area contributed by atoms with Gasteiger partial charge < -0.3 is 10.2 Å². The van der Waals surface area contributed by atoms with E-state index in [-0.39, 0.29) is 0 Å². The number of hydrogen-bond acceptors (Lipinski definition) is 3. The van der Waals surface area contributed by atoms with E-state index >= 15 is 0 Å². The molecule has 0 aliphatic carbocycles. The van der Waals surface area contributed by atoms with Crippen LogP contribution in [0.2, 0.25) is 0 Å². The average molecular weight is 238 g/mol. The van der Waals surface area contributed by atoms with Gasteiger partial charge in [0.25, 0.3) is 0 Å². The Kier molecular flexibility index (Phi) is 6.22. The van der Waals surface area contributed by atoms with Crippen LogP contribution in [-0.4, -0.2) is 47.9 Å². The second-order valence-corrected chi connectivity index (χ2v) is 5.20. The number of nitrogens with zero attached hydrogens (tertiary/aromatic N) is 3. The Balaban J connectivity index is 2.14. The van der Waals surface area contributed by atoms with Gasteiger partial charge in [-0.25, -0.2) is 0 Å². The summed E-state index contributed by atoms with van der Waals surface area (Å²) in [5.41, 5.74) is 0. The van der Waals surface area contributed by atoms with Crippen LogP contribution in [0.3, 0.4) is 0 Å². The van der Waals surface area contributed by atoms with Gasteiger partial charge in [0, 0.05) is 32.0 Å². The van der Waals surface area contributed by atoms with Crippen molar-refractivity contribution in [2.45, 2.75) is 26.8 Å². The van der Waals surface area contributed by atoms with Crippen LogP contribution in [0.5, 0.6) is 0 Å². The fraction of sp³-hybridized carbons (Fsp3) is 0.769. The highest BCUT2D eigenvalue weighted by atomic mass is 15.3. The minimum atomic E-state index is 0.431. The molecule has 1 N–H and O–H groups in total. The van der Waals surface area contributed by atoms with Crippen molar-refractivity contribution in [2.24, 2.45) is 5.92 Å². The van der Waals surface area contributed by atoms with Gasteiger partial charge in [0.1, 0.15) is 0 Å². The van der Waals surface area contributed by atoms with Gasteiger partial charge in [0.15, 0.2) is 0 Å². The molecule has 1 aromatic heterocycles. The summed E-state index contributed by atoms with van der Waals surface area (Å²) in [6.45, 7) is 10.9. The predicted molar refractivity (Wildman–Crippen MR) is 72.1 cm³/mol. The van der Waals surface area contributed by atoms with E-state index in [1.54, 1.807) is 0 Å². The second-order valence-electron chi connectivity index (χ2n) is 5.20. The van der Waals surface area contributed by atoms with Gasteiger partial charge in [-0.05, 0) is 32.5 Å². The van der Waals surface area contributed by atoms with Gasteiger partial charge in [0.2, 0.25) is 0 Å². The molecule has 0 spiro atoms. The zero-order valence-electron chi connectivity index (χ0n) is 11.6. The molecule has 0 radical (unpaired) electrons. The molecule has 1 aromatic rings. The Morgan fingerprint density at radius 2 is 2.12 bits per heavy atom. The van der Waals surface area contributed by atoms with Gasteiger partial charge in [-0.3, -0.25) is 4.68 Å². The molecule has 4 nitrogen and oxygen atoms in total. The average Bonchev–Trinajstić information content (AvgIpc) is 2.77. The Bertz CT molecular complexity index is 282. The molecule has 1 atom stereocenters. The second kappa shape index (κ2) is 7.45. The predicted octanol–water partition coefficient (Wildman–Crippen LogP) is 1.62. The van der Waals surface area contributed by atoms with Crippen LogP contribution in [0.4, 0.5) is 0 Å². The first kappa shape index (κ1) is 14.2. The molecule has 0 aliphatic rings. The summed E-state index contributed by atoms with van der Waals surface area (Å²) in [6.07, 6.45) is 3.86. The first-order valence-electron chi connectivity index (χ1n) is 6.48. The Morgan fingerprint density at radius 1 is 1.35 bits per heavy atom. The van der Waals surface area contributed by atoms with Gasteiger partial charge in [-0.2, -0.15) is 5.10 Å². The first-order valence-corrected chi connectivity index (χ1v) is 6.48. The van der Waals surface area contributed by atoms with Crippen LogP contribution in [0.15, 0.2) is 18.5 Å². The molecular weight excluding hydrogens is 212 g/mol. The lowest BCUT2D eigenvalue weighted by Crippen LogP contribution is -2.34. The summed E-state index contributed by atoms with van der Waals surface area (Å²) in [7, 11) is 2.16. The van der Waals surface area contributed by atoms with E-state index in [0.717, 1.165) is 32.1 Å². The number of rotatable bonds is 8. The minimum Gasteiger partial charge on any atom is -0.315 e. The quantitative estimate of drug-likeness (QED) is 0.699. The molecular formula is C13H26N4. The van der Waals surface area contributed by atoms with Crippen molar-refractivity contribution in [3.8, 4) is 0 Å². The van der Waals surface area contributed by atoms with Gasteiger partial charge in [0.05, 0.1) is 6.04 Å². The highest BCUT2D eigenvalue weighted by molar-refractivity contribution is 4.81. The van der Waals surface area contributed by atoms with Gasteiger partial charge >= 0.3 is 0 Å². The fourth-order valence-electron chi connectivity index (χ4n) is 1.83. The fourth-order valence-corrected chi connectivity index (χ4v) is 1.83. The van der Waals surface area contributed by atoms with Gasteiger partial charge in [-0.1, -0.05) is 13.8 Å². The molecule has 0 saturated heterocycles. The van der Waals surface area contributed by atoms with E-state index < -0.39 is 0 Å². The van der Waals surface area contributed by atoms with E-state index in [0.29, 0.717) is 6.04 Å². The van der Waals surface area contributed by atoms with E-state index in [1.807, 2.05) is 23.1 Å². The molecule has 0 amide bonds. The molecule has 0 bridgehead atoms. The summed E-state index contributed by atoms with van der Waals surface area (Å²) in [6, 6.07) is 2.40. The van der Waals surface area contributed by atoms with Crippen molar-refractivity contribution in [2.75, 3.05) is 33.2 Å². The van der Waals surface area contributed by atoms with Crippen molar-refractivity contribution in [3.05, 3.63) is 18.5 Å². The molecule has 0 saturated carbocycles. The van der Waals surface area contributed by atoms with Crippen LogP contribution in [0.1, 0.15) is 26.8 Å². The molecule has 1 unspecified atom stereocenters. The number of nitrogens with one attached hydrogen (secondary N) is 1. The van der Waals surface area contributed by atoms with Crippen LogP contribution in [0.25, 0.3) is 0 Å². The highest BCUT2D eigenvalue weighted by Crippen LogP contribution is 2.04. The zero-order chi connectivity index (χ0) is 12.7. The van der Waals surface area contributed by atoms with Gasteiger partial charge in [-0.15, -0.1) is 0 Å². The van der Waals surface area contributed by atoms with Crippen molar-refractivity contribution < 1.29 is 0 Å². The highest BCUT2D eigenvalue weighted by Gasteiger charge is 2.07. The summed E-state index contributed by atoms with van der Waals surface area (Å²) >= 11 is 0. The van der Waals surface area contributed by atoms with Crippen LogP contribution >= 0.6 is 0 Å². The van der Waals surface area contributed by atoms with E-state index in [1.165, 1.54) is 0 Å². The third-order valence-electron chi connectivity index (χ3n) is 2.78. The largest absolute Gasteiger partial charge is 0.315 e. The Labute approximate surface area is 105 Å². The standard InChI is InChI=1S/C13H26N4/c1-12(2)10-14-7-9-16(4)11-13(3)17-8-5-6-15-17/h5-6,8,12-14H,7,9-11H2,1-4H3. The monoisotopic (exact) mass is 238 g/mol. The molecule has 0 aromatic carbocycles. The van der Waals surface area contributed by atoms with Crippen molar-refractivity contribution in [1.82, 2.24) is 20.0 Å². The molecule has 0 fully saturated rings. The lowest BCUT2D eigenvalue weighted by molar-refractivity contribution is 0.274. The topological polar surface area (TPSA) is 33.1 Å². The molecule has 1 heterocycles. The molecule has 4 heteroatoms. The Morgan fingerprint density at radius 3 is 2.71 bits per heavy atom. The molecule has 0 aliphatic heterocycles. The van der Waals surface area contributed by atoms with Crippen LogP contribution in [-0.2, 0) is 0 Å². The molecule has 17 heavy (non-hydrogen) atoms. The summed E-state index contributed by atoms with van der Waals surface area (Å²) in [4.78, 5) is 2.35. The van der Waals surface area contributed by atoms with E-state index in [2.05, 4.69) is 43.1 Å². The third kappa shape index (κ3) is 5.84. The third-order valence-corrected chi connectivity index (χ3v) is 2.78. The number of hydrogen-bond donors (Lipinski definition) is 1. The lowest BCUT2D eigenvalue weighted by atomic mass is 10.2. The van der Waals surface area contributed by atoms with Crippen LogP contribution < -0.4 is 5.32 Å². The van der Waals surface area contributed by atoms with E-state index in [9.17, 15) is 0 Å².